The molecule has 0 saturated carbocycles. The molecule has 0 fully saturated rings. The summed E-state index contributed by atoms with van der Waals surface area (Å²) in [6, 6.07) is 14.6. The molecule has 0 N–H and O–H groups in total. The lowest BCUT2D eigenvalue weighted by Crippen LogP contribution is -2.31. The summed E-state index contributed by atoms with van der Waals surface area (Å²) in [6.45, 7) is -0.397. The van der Waals surface area contributed by atoms with Gasteiger partial charge in [0, 0.05) is 26.5 Å². The zero-order valence-electron chi connectivity index (χ0n) is 17.3. The highest BCUT2D eigenvalue weighted by molar-refractivity contribution is 6.10. The number of rotatable bonds is 1. The second-order valence-corrected chi connectivity index (χ2v) is 5.86. The molecule has 2 heterocycles. The van der Waals surface area contributed by atoms with Crippen LogP contribution in [0.2, 0.25) is 0 Å². The van der Waals surface area contributed by atoms with Gasteiger partial charge in [-0.1, -0.05) is 12.1 Å². The van der Waals surface area contributed by atoms with E-state index in [2.05, 4.69) is 6.07 Å². The zero-order valence-corrected chi connectivity index (χ0v) is 13.3. The maximum Gasteiger partial charge on any atom is 0.216 e. The Labute approximate surface area is 146 Å². The Balaban J connectivity index is 2.06. The van der Waals surface area contributed by atoms with Crippen LogP contribution in [-0.2, 0) is 7.05 Å². The summed E-state index contributed by atoms with van der Waals surface area (Å²) in [4.78, 5) is 0. The third kappa shape index (κ3) is 2.08. The van der Waals surface area contributed by atoms with Gasteiger partial charge < -0.3 is 4.42 Å². The van der Waals surface area contributed by atoms with Crippen LogP contribution in [0.4, 0.5) is 0 Å². The first-order valence-corrected chi connectivity index (χ1v) is 7.59. The molecule has 0 unspecified atom stereocenters. The molecule has 116 valence electrons. The van der Waals surface area contributed by atoms with Gasteiger partial charge in [-0.25, -0.2) is 4.57 Å². The Morgan fingerprint density at radius 1 is 1.17 bits per heavy atom. The Morgan fingerprint density at radius 3 is 2.83 bits per heavy atom. The van der Waals surface area contributed by atoms with E-state index in [1.165, 1.54) is 6.07 Å². The number of pyridine rings is 1. The van der Waals surface area contributed by atoms with E-state index in [1.807, 2.05) is 19.1 Å². The fourth-order valence-corrected chi connectivity index (χ4v) is 3.13. The van der Waals surface area contributed by atoms with E-state index in [0.29, 0.717) is 22.4 Å². The Kier molecular flexibility index (Phi) is 2.30. The maximum atomic E-state index is 9.19. The molecule has 0 saturated heterocycles. The first-order valence-electron chi connectivity index (χ1n) is 9.59. The van der Waals surface area contributed by atoms with E-state index < -0.39 is 6.85 Å². The molecule has 0 amide bonds. The van der Waals surface area contributed by atoms with E-state index in [0.717, 1.165) is 21.9 Å². The highest BCUT2D eigenvalue weighted by Gasteiger charge is 2.20. The molecule has 0 radical (unpaired) electrons. The standard InChI is InChI=1S/C21H17N2O/c1-13-4-8-18(23(3)12-13)20-14(2)5-7-16-17-10-15(11-22)6-9-19(17)24-21(16)20/h4-10,12H,1-3H3/q+1/i1D3,12D. The molecule has 0 aliphatic carbocycles. The minimum Gasteiger partial charge on any atom is -0.455 e. The van der Waals surface area contributed by atoms with Crippen molar-refractivity contribution >= 4 is 21.9 Å². The lowest BCUT2D eigenvalue weighted by Gasteiger charge is -2.05. The predicted molar refractivity (Wildman–Crippen MR) is 94.5 cm³/mol. The summed E-state index contributed by atoms with van der Waals surface area (Å²) in [5.74, 6) is 0. The SMILES string of the molecule is [2H]c1c(C([2H])([2H])[2H])ccc(-c2c(C)ccc3c2oc2ccc(C#N)cc23)[n+]1C. The van der Waals surface area contributed by atoms with Crippen molar-refractivity contribution in [2.75, 3.05) is 0 Å². The van der Waals surface area contributed by atoms with Gasteiger partial charge in [-0.15, -0.1) is 0 Å². The van der Waals surface area contributed by atoms with Crippen LogP contribution in [0.25, 0.3) is 33.2 Å². The number of fused-ring (bicyclic) bond motifs is 3. The van der Waals surface area contributed by atoms with Crippen molar-refractivity contribution in [2.24, 2.45) is 7.05 Å². The average Bonchev–Trinajstić information content (AvgIpc) is 3.01. The average molecular weight is 317 g/mol. The van der Waals surface area contributed by atoms with Gasteiger partial charge in [-0.05, 0) is 43.6 Å². The van der Waals surface area contributed by atoms with Gasteiger partial charge in [0.15, 0.2) is 6.17 Å². The fourth-order valence-electron chi connectivity index (χ4n) is 3.13. The molecule has 4 rings (SSSR count). The molecule has 24 heavy (non-hydrogen) atoms. The fraction of sp³-hybridized carbons (Fsp3) is 0.143. The third-order valence-electron chi connectivity index (χ3n) is 4.29. The van der Waals surface area contributed by atoms with Gasteiger partial charge in [0.05, 0.1) is 17.2 Å². The first kappa shape index (κ1) is 10.6. The largest absolute Gasteiger partial charge is 0.455 e. The van der Waals surface area contributed by atoms with Crippen molar-refractivity contribution in [3.63, 3.8) is 0 Å². The summed E-state index contributed by atoms with van der Waals surface area (Å²) in [7, 11) is 1.68. The molecule has 0 bridgehead atoms. The van der Waals surface area contributed by atoms with Gasteiger partial charge in [0.2, 0.25) is 5.69 Å². The summed E-state index contributed by atoms with van der Waals surface area (Å²) in [5, 5.41) is 10.9. The molecule has 0 spiro atoms. The van der Waals surface area contributed by atoms with Crippen LogP contribution in [0.5, 0.6) is 0 Å². The van der Waals surface area contributed by atoms with Crippen LogP contribution in [0, 0.1) is 25.1 Å². The van der Waals surface area contributed by atoms with Crippen LogP contribution in [0.3, 0.4) is 0 Å². The number of hydrogen-bond acceptors (Lipinski definition) is 2. The quantitative estimate of drug-likeness (QED) is 0.483. The lowest BCUT2D eigenvalue weighted by molar-refractivity contribution is -0.660. The molecule has 2 aromatic carbocycles. The molecule has 0 atom stereocenters. The molecule has 4 aromatic rings. The number of nitrogens with zero attached hydrogens (tertiary/aromatic N) is 2. The summed E-state index contributed by atoms with van der Waals surface area (Å²) in [6.07, 6.45) is -0.0585. The number of furan rings is 1. The van der Waals surface area contributed by atoms with E-state index in [1.54, 1.807) is 35.9 Å². The van der Waals surface area contributed by atoms with Crippen LogP contribution in [0.15, 0.2) is 53.1 Å². The van der Waals surface area contributed by atoms with Gasteiger partial charge in [-0.2, -0.15) is 5.26 Å². The monoisotopic (exact) mass is 317 g/mol. The van der Waals surface area contributed by atoms with E-state index in [9.17, 15) is 5.26 Å². The van der Waals surface area contributed by atoms with Crippen molar-refractivity contribution in [3.05, 3.63) is 65.3 Å². The maximum absolute atomic E-state index is 9.19. The Morgan fingerprint density at radius 2 is 2.04 bits per heavy atom. The van der Waals surface area contributed by atoms with Crippen molar-refractivity contribution in [3.8, 4) is 17.3 Å². The Bertz CT molecular complexity index is 1300. The number of hydrogen-bond donors (Lipinski definition) is 0. The number of aryl methyl sites for hydroxylation is 2. The second-order valence-electron chi connectivity index (χ2n) is 5.86. The topological polar surface area (TPSA) is 40.8 Å². The lowest BCUT2D eigenvalue weighted by atomic mass is 10.00. The number of aromatic nitrogens is 1. The smallest absolute Gasteiger partial charge is 0.216 e. The highest BCUT2D eigenvalue weighted by Crippen LogP contribution is 2.37. The number of benzene rings is 2. The summed E-state index contributed by atoms with van der Waals surface area (Å²) >= 11 is 0. The van der Waals surface area contributed by atoms with Gasteiger partial charge in [0.1, 0.15) is 19.6 Å². The molecule has 0 aliphatic heterocycles. The molecule has 2 aromatic heterocycles. The van der Waals surface area contributed by atoms with Gasteiger partial charge in [0.25, 0.3) is 0 Å². The van der Waals surface area contributed by atoms with Crippen molar-refractivity contribution in [2.45, 2.75) is 13.8 Å². The van der Waals surface area contributed by atoms with E-state index in [4.69, 9.17) is 9.90 Å². The van der Waals surface area contributed by atoms with Crippen LogP contribution in [-0.4, -0.2) is 0 Å². The van der Waals surface area contributed by atoms with Gasteiger partial charge in [-0.3, -0.25) is 0 Å². The van der Waals surface area contributed by atoms with Crippen LogP contribution < -0.4 is 4.57 Å². The van der Waals surface area contributed by atoms with Gasteiger partial charge >= 0.3 is 0 Å². The van der Waals surface area contributed by atoms with Crippen molar-refractivity contribution < 1.29 is 14.5 Å². The molecule has 3 nitrogen and oxygen atoms in total. The van der Waals surface area contributed by atoms with Crippen LogP contribution in [0.1, 0.15) is 22.2 Å². The van der Waals surface area contributed by atoms with E-state index in [-0.39, 0.29) is 11.7 Å². The third-order valence-corrected chi connectivity index (χ3v) is 4.29. The highest BCUT2D eigenvalue weighted by atomic mass is 16.3. The van der Waals surface area contributed by atoms with Crippen molar-refractivity contribution in [1.82, 2.24) is 0 Å². The summed E-state index contributed by atoms with van der Waals surface area (Å²) < 4.78 is 38.9. The molecule has 3 heteroatoms. The first-order chi connectivity index (χ1) is 13.2. The van der Waals surface area contributed by atoms with Crippen molar-refractivity contribution in [1.29, 1.82) is 5.26 Å². The molecular formula is C21H17N2O+. The number of nitriles is 1. The van der Waals surface area contributed by atoms with E-state index >= 15 is 0 Å². The minimum atomic E-state index is -2.35. The second kappa shape index (κ2) is 5.21. The molecular weight excluding hydrogens is 296 g/mol. The minimum absolute atomic E-state index is 0.00634. The normalized spacial score (nSPS) is 14.0. The summed E-state index contributed by atoms with van der Waals surface area (Å²) in [5.41, 5.74) is 4.34. The predicted octanol–water partition coefficient (Wildman–Crippen LogP) is 4.57. The zero-order chi connectivity index (χ0) is 20.2. The Hall–Kier alpha value is -3.12. The van der Waals surface area contributed by atoms with Crippen LogP contribution >= 0.6 is 0 Å². The molecule has 0 aliphatic rings.